The highest BCUT2D eigenvalue weighted by molar-refractivity contribution is 5.91. The van der Waals surface area contributed by atoms with Gasteiger partial charge in [-0.05, 0) is 0 Å². The van der Waals surface area contributed by atoms with Gasteiger partial charge in [0.25, 0.3) is 5.92 Å². The summed E-state index contributed by atoms with van der Waals surface area (Å²) in [6.07, 6.45) is -0.305. The smallest absolute Gasteiger partial charge is 0.250 e. The second-order valence-corrected chi connectivity index (χ2v) is 5.39. The summed E-state index contributed by atoms with van der Waals surface area (Å²) >= 11 is 0. The molecule has 0 N–H and O–H groups in total. The van der Waals surface area contributed by atoms with Crippen LogP contribution in [0.15, 0.2) is 0 Å². The largest absolute Gasteiger partial charge is 0.376 e. The third-order valence-corrected chi connectivity index (χ3v) is 3.77. The number of rotatable bonds is 3. The number of ketones is 1. The molecule has 17 heavy (non-hydrogen) atoms. The zero-order valence-electron chi connectivity index (χ0n) is 10.3. The molecule has 0 aromatic heterocycles. The number of halogens is 2. The molecule has 2 saturated heterocycles. The van der Waals surface area contributed by atoms with E-state index in [2.05, 4.69) is 0 Å². The van der Waals surface area contributed by atoms with Crippen LogP contribution < -0.4 is 0 Å². The number of hydrogen-bond acceptors (Lipinski definition) is 3. The number of likely N-dealkylation sites (tertiary alicyclic amines) is 1. The Hall–Kier alpha value is -0.550. The maximum atomic E-state index is 13.1. The monoisotopic (exact) mass is 247 g/mol. The predicted molar refractivity (Wildman–Crippen MR) is 59.1 cm³/mol. The second-order valence-electron chi connectivity index (χ2n) is 5.39. The van der Waals surface area contributed by atoms with Gasteiger partial charge in [-0.25, -0.2) is 8.78 Å². The van der Waals surface area contributed by atoms with Gasteiger partial charge in [-0.2, -0.15) is 0 Å². The van der Waals surface area contributed by atoms with E-state index in [4.69, 9.17) is 4.74 Å². The first-order chi connectivity index (χ1) is 7.87. The third-order valence-electron chi connectivity index (χ3n) is 3.77. The highest BCUT2D eigenvalue weighted by Gasteiger charge is 2.53. The Kier molecular flexibility index (Phi) is 3.25. The van der Waals surface area contributed by atoms with Crippen LogP contribution in [-0.2, 0) is 9.53 Å². The van der Waals surface area contributed by atoms with Crippen LogP contribution in [0.25, 0.3) is 0 Å². The summed E-state index contributed by atoms with van der Waals surface area (Å²) in [5, 5.41) is 0. The molecule has 0 atom stereocenters. The summed E-state index contributed by atoms with van der Waals surface area (Å²) in [6, 6.07) is 0. The van der Waals surface area contributed by atoms with Gasteiger partial charge in [0.1, 0.15) is 5.54 Å². The Bertz CT molecular complexity index is 304. The van der Waals surface area contributed by atoms with Crippen molar-refractivity contribution in [2.24, 2.45) is 5.92 Å². The number of alkyl halides is 2. The zero-order valence-corrected chi connectivity index (χ0v) is 10.3. The van der Waals surface area contributed by atoms with Gasteiger partial charge in [0.15, 0.2) is 5.78 Å². The van der Waals surface area contributed by atoms with Gasteiger partial charge in [-0.15, -0.1) is 0 Å². The van der Waals surface area contributed by atoms with Gasteiger partial charge in [-0.3, -0.25) is 9.69 Å². The lowest BCUT2D eigenvalue weighted by Gasteiger charge is -2.51. The predicted octanol–water partition coefficient (Wildman–Crippen LogP) is 1.71. The molecule has 0 amide bonds. The molecule has 0 aromatic carbocycles. The van der Waals surface area contributed by atoms with E-state index >= 15 is 0 Å². The van der Waals surface area contributed by atoms with Gasteiger partial charge >= 0.3 is 0 Å². The van der Waals surface area contributed by atoms with Crippen LogP contribution in [0.4, 0.5) is 8.78 Å². The van der Waals surface area contributed by atoms with E-state index in [1.54, 1.807) is 0 Å². The van der Waals surface area contributed by atoms with E-state index in [0.717, 1.165) is 0 Å². The molecule has 2 heterocycles. The minimum absolute atomic E-state index is 0.0821. The van der Waals surface area contributed by atoms with E-state index in [0.29, 0.717) is 13.2 Å². The molecule has 0 radical (unpaired) electrons. The molecule has 0 aromatic rings. The minimum Gasteiger partial charge on any atom is -0.376 e. The van der Waals surface area contributed by atoms with Crippen molar-refractivity contribution >= 4 is 5.78 Å². The summed E-state index contributed by atoms with van der Waals surface area (Å²) in [4.78, 5) is 14.1. The number of nitrogens with zero attached hydrogens (tertiary/aromatic N) is 1. The fourth-order valence-corrected chi connectivity index (χ4v) is 2.58. The van der Waals surface area contributed by atoms with Crippen molar-refractivity contribution < 1.29 is 18.3 Å². The van der Waals surface area contributed by atoms with E-state index in [9.17, 15) is 13.6 Å². The van der Waals surface area contributed by atoms with Crippen molar-refractivity contribution in [2.45, 2.75) is 38.2 Å². The Morgan fingerprint density at radius 2 is 1.76 bits per heavy atom. The fourth-order valence-electron chi connectivity index (χ4n) is 2.58. The molecule has 3 nitrogen and oxygen atoms in total. The summed E-state index contributed by atoms with van der Waals surface area (Å²) in [6.45, 7) is 4.98. The molecule has 5 heteroatoms. The first kappa shape index (κ1) is 12.9. The summed E-state index contributed by atoms with van der Waals surface area (Å²) < 4.78 is 31.4. The van der Waals surface area contributed by atoms with Gasteiger partial charge in [0.2, 0.25) is 0 Å². The van der Waals surface area contributed by atoms with E-state index in [1.165, 1.54) is 0 Å². The van der Waals surface area contributed by atoms with Crippen LogP contribution in [0.1, 0.15) is 26.7 Å². The average Bonchev–Trinajstić information content (AvgIpc) is 2.18. The highest BCUT2D eigenvalue weighted by Crippen LogP contribution is 2.36. The van der Waals surface area contributed by atoms with Gasteiger partial charge in [0, 0.05) is 31.8 Å². The zero-order chi connectivity index (χ0) is 12.7. The lowest BCUT2D eigenvalue weighted by Crippen LogP contribution is -2.69. The van der Waals surface area contributed by atoms with Gasteiger partial charge < -0.3 is 4.74 Å². The molecule has 0 bridgehead atoms. The molecule has 2 aliphatic rings. The molecule has 98 valence electrons. The van der Waals surface area contributed by atoms with Crippen LogP contribution in [0.2, 0.25) is 0 Å². The molecule has 2 fully saturated rings. The molecule has 0 saturated carbocycles. The average molecular weight is 247 g/mol. The molecule has 0 spiro atoms. The Labute approximate surface area is 100 Å². The molecule has 2 rings (SSSR count). The minimum atomic E-state index is -2.57. The molecular formula is C12H19F2NO2. The van der Waals surface area contributed by atoms with Gasteiger partial charge in [-0.1, -0.05) is 13.8 Å². The maximum absolute atomic E-state index is 13.1. The van der Waals surface area contributed by atoms with Crippen LogP contribution in [0, 0.1) is 5.92 Å². The molecule has 0 unspecified atom stereocenters. The number of hydrogen-bond donors (Lipinski definition) is 0. The van der Waals surface area contributed by atoms with Gasteiger partial charge in [0.05, 0.1) is 13.2 Å². The van der Waals surface area contributed by atoms with Crippen LogP contribution >= 0.6 is 0 Å². The van der Waals surface area contributed by atoms with Crippen LogP contribution in [-0.4, -0.2) is 48.4 Å². The number of ether oxygens (including phenoxy) is 1. The Balaban J connectivity index is 2.07. The van der Waals surface area contributed by atoms with Crippen molar-refractivity contribution in [1.29, 1.82) is 0 Å². The van der Waals surface area contributed by atoms with Crippen LogP contribution in [0.3, 0.4) is 0 Å². The van der Waals surface area contributed by atoms with Crippen molar-refractivity contribution in [3.8, 4) is 0 Å². The second kappa shape index (κ2) is 4.28. The number of Topliss-reactive ketones (excluding diaryl/α,β-unsaturated/α-hetero) is 1. The Morgan fingerprint density at radius 1 is 1.24 bits per heavy atom. The van der Waals surface area contributed by atoms with E-state index in [1.807, 2.05) is 18.7 Å². The number of carbonyl (C=O) groups excluding carboxylic acids is 1. The molecule has 2 aliphatic heterocycles. The first-order valence-electron chi connectivity index (χ1n) is 6.12. The number of carbonyl (C=O) groups is 1. The summed E-state index contributed by atoms with van der Waals surface area (Å²) in [5.41, 5.74) is -0.620. The lowest BCUT2D eigenvalue weighted by atomic mass is 9.82. The third kappa shape index (κ3) is 2.22. The number of piperidine rings is 1. The van der Waals surface area contributed by atoms with Crippen molar-refractivity contribution in [2.75, 3.05) is 26.3 Å². The maximum Gasteiger partial charge on any atom is 0.250 e. The van der Waals surface area contributed by atoms with E-state index < -0.39 is 11.5 Å². The molecule has 0 aliphatic carbocycles. The SMILES string of the molecule is CC(C)C(=O)C1(N2CCC(F)(F)CC2)COC1. The summed E-state index contributed by atoms with van der Waals surface area (Å²) in [7, 11) is 0. The molecular weight excluding hydrogens is 228 g/mol. The van der Waals surface area contributed by atoms with E-state index in [-0.39, 0.29) is 37.6 Å². The summed E-state index contributed by atoms with van der Waals surface area (Å²) in [5.74, 6) is -2.53. The van der Waals surface area contributed by atoms with Crippen molar-refractivity contribution in [1.82, 2.24) is 4.90 Å². The normalized spacial score (nSPS) is 27.8. The fraction of sp³-hybridized carbons (Fsp3) is 0.917. The van der Waals surface area contributed by atoms with Crippen molar-refractivity contribution in [3.05, 3.63) is 0 Å². The lowest BCUT2D eigenvalue weighted by molar-refractivity contribution is -0.183. The first-order valence-corrected chi connectivity index (χ1v) is 6.12. The van der Waals surface area contributed by atoms with Crippen molar-refractivity contribution in [3.63, 3.8) is 0 Å². The Morgan fingerprint density at radius 3 is 2.12 bits per heavy atom. The van der Waals surface area contributed by atoms with Crippen LogP contribution in [0.5, 0.6) is 0 Å². The topological polar surface area (TPSA) is 29.5 Å². The highest BCUT2D eigenvalue weighted by atomic mass is 19.3. The quantitative estimate of drug-likeness (QED) is 0.760. The standard InChI is InChI=1S/C12H19F2NO2/c1-9(2)10(16)11(7-17-8-11)15-5-3-12(13,14)4-6-15/h9H,3-8H2,1-2H3.